The second kappa shape index (κ2) is 4.52. The number of carboxylic acids is 1. The summed E-state index contributed by atoms with van der Waals surface area (Å²) in [5.74, 6) is -0.788. The van der Waals surface area contributed by atoms with E-state index >= 15 is 0 Å². The SMILES string of the molecule is CCC(C)(C)c1cccc(C(C)(C)C(=O)O)c1. The number of carboxylic acid groups (broad SMARTS) is 1. The molecule has 0 bridgehead atoms. The van der Waals surface area contributed by atoms with Crippen LogP contribution in [0.15, 0.2) is 24.3 Å². The van der Waals surface area contributed by atoms with E-state index in [1.165, 1.54) is 5.56 Å². The van der Waals surface area contributed by atoms with Gasteiger partial charge in [0, 0.05) is 0 Å². The molecule has 0 unspecified atom stereocenters. The summed E-state index contributed by atoms with van der Waals surface area (Å²) in [4.78, 5) is 11.3. The van der Waals surface area contributed by atoms with Gasteiger partial charge in [-0.15, -0.1) is 0 Å². The Morgan fingerprint density at radius 3 is 2.18 bits per heavy atom. The maximum Gasteiger partial charge on any atom is 0.313 e. The Bertz CT molecular complexity index is 417. The van der Waals surface area contributed by atoms with Crippen LogP contribution in [0.5, 0.6) is 0 Å². The van der Waals surface area contributed by atoms with Crippen LogP contribution >= 0.6 is 0 Å². The van der Waals surface area contributed by atoms with E-state index in [2.05, 4.69) is 26.8 Å². The lowest BCUT2D eigenvalue weighted by molar-refractivity contribution is -0.142. The number of carbonyl (C=O) groups is 1. The van der Waals surface area contributed by atoms with Crippen LogP contribution in [0.25, 0.3) is 0 Å². The number of hydrogen-bond donors (Lipinski definition) is 1. The molecule has 1 aromatic carbocycles. The van der Waals surface area contributed by atoms with Crippen molar-refractivity contribution in [2.24, 2.45) is 0 Å². The summed E-state index contributed by atoms with van der Waals surface area (Å²) < 4.78 is 0. The fraction of sp³-hybridized carbons (Fsp3) is 0.533. The van der Waals surface area contributed by atoms with E-state index in [9.17, 15) is 9.90 Å². The highest BCUT2D eigenvalue weighted by Gasteiger charge is 2.30. The van der Waals surface area contributed by atoms with Crippen molar-refractivity contribution in [1.82, 2.24) is 0 Å². The highest BCUT2D eigenvalue weighted by molar-refractivity contribution is 5.80. The zero-order valence-corrected chi connectivity index (χ0v) is 11.4. The van der Waals surface area contributed by atoms with Crippen LogP contribution in [0.4, 0.5) is 0 Å². The van der Waals surface area contributed by atoms with Crippen LogP contribution in [0.3, 0.4) is 0 Å². The lowest BCUT2D eigenvalue weighted by Gasteiger charge is -2.26. The Labute approximate surface area is 104 Å². The molecule has 1 aromatic rings. The average Bonchev–Trinajstić information content (AvgIpc) is 2.29. The average molecular weight is 234 g/mol. The molecule has 0 aliphatic heterocycles. The molecule has 0 spiro atoms. The number of hydrogen-bond acceptors (Lipinski definition) is 1. The molecule has 0 atom stereocenters. The Kier molecular flexibility index (Phi) is 3.65. The van der Waals surface area contributed by atoms with E-state index in [0.29, 0.717) is 0 Å². The maximum atomic E-state index is 11.3. The molecule has 0 aliphatic rings. The summed E-state index contributed by atoms with van der Waals surface area (Å²) in [7, 11) is 0. The molecule has 0 saturated heterocycles. The zero-order chi connectivity index (χ0) is 13.3. The summed E-state index contributed by atoms with van der Waals surface area (Å²) in [6.07, 6.45) is 1.03. The molecule has 17 heavy (non-hydrogen) atoms. The van der Waals surface area contributed by atoms with E-state index in [0.717, 1.165) is 12.0 Å². The van der Waals surface area contributed by atoms with Gasteiger partial charge in [0.25, 0.3) is 0 Å². The van der Waals surface area contributed by atoms with Crippen molar-refractivity contribution in [2.75, 3.05) is 0 Å². The standard InChI is InChI=1S/C15H22O2/c1-6-14(2,3)11-8-7-9-12(10-11)15(4,5)13(16)17/h7-10H,6H2,1-5H3,(H,16,17). The highest BCUT2D eigenvalue weighted by atomic mass is 16.4. The van der Waals surface area contributed by atoms with Crippen molar-refractivity contribution in [3.63, 3.8) is 0 Å². The monoisotopic (exact) mass is 234 g/mol. The molecule has 0 aliphatic carbocycles. The second-order valence-electron chi connectivity index (χ2n) is 5.75. The van der Waals surface area contributed by atoms with Gasteiger partial charge in [0.15, 0.2) is 0 Å². The first-order chi connectivity index (χ1) is 7.71. The van der Waals surface area contributed by atoms with E-state index in [1.807, 2.05) is 18.2 Å². The van der Waals surface area contributed by atoms with Gasteiger partial charge in [0.05, 0.1) is 5.41 Å². The van der Waals surface area contributed by atoms with Gasteiger partial charge in [-0.1, -0.05) is 45.0 Å². The fourth-order valence-corrected chi connectivity index (χ4v) is 1.66. The summed E-state index contributed by atoms with van der Waals surface area (Å²) in [6.45, 7) is 10.00. The summed E-state index contributed by atoms with van der Waals surface area (Å²) in [5, 5.41) is 9.25. The van der Waals surface area contributed by atoms with Gasteiger partial charge >= 0.3 is 5.97 Å². The van der Waals surface area contributed by atoms with Crippen LogP contribution in [0, 0.1) is 0 Å². The van der Waals surface area contributed by atoms with Crippen LogP contribution in [0.2, 0.25) is 0 Å². The minimum atomic E-state index is -0.834. The minimum absolute atomic E-state index is 0.0879. The van der Waals surface area contributed by atoms with Gasteiger partial charge in [-0.25, -0.2) is 0 Å². The molecule has 0 heterocycles. The molecular formula is C15H22O2. The number of benzene rings is 1. The molecule has 2 nitrogen and oxygen atoms in total. The van der Waals surface area contributed by atoms with Gasteiger partial charge in [-0.2, -0.15) is 0 Å². The molecule has 0 amide bonds. The van der Waals surface area contributed by atoms with E-state index < -0.39 is 11.4 Å². The van der Waals surface area contributed by atoms with Crippen molar-refractivity contribution < 1.29 is 9.90 Å². The first-order valence-corrected chi connectivity index (χ1v) is 6.06. The van der Waals surface area contributed by atoms with Gasteiger partial charge in [0.1, 0.15) is 0 Å². The second-order valence-corrected chi connectivity index (χ2v) is 5.75. The quantitative estimate of drug-likeness (QED) is 0.861. The number of aliphatic carboxylic acids is 1. The Morgan fingerprint density at radius 1 is 1.18 bits per heavy atom. The molecule has 1 N–H and O–H groups in total. The van der Waals surface area contributed by atoms with E-state index in [-0.39, 0.29) is 5.41 Å². The van der Waals surface area contributed by atoms with Gasteiger partial charge in [-0.3, -0.25) is 4.79 Å². The van der Waals surface area contributed by atoms with Crippen molar-refractivity contribution in [3.05, 3.63) is 35.4 Å². The molecule has 0 saturated carbocycles. The largest absolute Gasteiger partial charge is 0.481 e. The van der Waals surface area contributed by atoms with E-state index in [4.69, 9.17) is 0 Å². The summed E-state index contributed by atoms with van der Waals surface area (Å²) >= 11 is 0. The molecular weight excluding hydrogens is 212 g/mol. The highest BCUT2D eigenvalue weighted by Crippen LogP contribution is 2.31. The topological polar surface area (TPSA) is 37.3 Å². The lowest BCUT2D eigenvalue weighted by Crippen LogP contribution is -2.29. The van der Waals surface area contributed by atoms with E-state index in [1.54, 1.807) is 13.8 Å². The van der Waals surface area contributed by atoms with Crippen molar-refractivity contribution in [3.8, 4) is 0 Å². The fourth-order valence-electron chi connectivity index (χ4n) is 1.66. The van der Waals surface area contributed by atoms with Crippen LogP contribution in [0.1, 0.15) is 52.2 Å². The molecule has 2 heteroatoms. The number of rotatable bonds is 4. The van der Waals surface area contributed by atoms with Crippen LogP contribution in [-0.2, 0) is 15.6 Å². The van der Waals surface area contributed by atoms with Gasteiger partial charge < -0.3 is 5.11 Å². The van der Waals surface area contributed by atoms with Crippen LogP contribution < -0.4 is 0 Å². The molecule has 0 radical (unpaired) electrons. The normalized spacial score (nSPS) is 12.5. The minimum Gasteiger partial charge on any atom is -0.481 e. The van der Waals surface area contributed by atoms with Gasteiger partial charge in [-0.05, 0) is 36.8 Å². The smallest absolute Gasteiger partial charge is 0.313 e. The first kappa shape index (κ1) is 13.8. The molecule has 0 aromatic heterocycles. The Morgan fingerprint density at radius 2 is 1.71 bits per heavy atom. The van der Waals surface area contributed by atoms with Crippen molar-refractivity contribution >= 4 is 5.97 Å². The molecule has 0 fully saturated rings. The third-order valence-electron chi connectivity index (χ3n) is 3.78. The Hall–Kier alpha value is -1.31. The zero-order valence-electron chi connectivity index (χ0n) is 11.4. The van der Waals surface area contributed by atoms with Gasteiger partial charge in [0.2, 0.25) is 0 Å². The van der Waals surface area contributed by atoms with Crippen molar-refractivity contribution in [2.45, 2.75) is 51.9 Å². The third kappa shape index (κ3) is 2.68. The maximum absolute atomic E-state index is 11.3. The summed E-state index contributed by atoms with van der Waals surface area (Å²) in [6, 6.07) is 7.94. The predicted octanol–water partition coefficient (Wildman–Crippen LogP) is 3.74. The third-order valence-corrected chi connectivity index (χ3v) is 3.78. The molecule has 94 valence electrons. The molecule has 1 rings (SSSR count). The lowest BCUT2D eigenvalue weighted by atomic mass is 9.78. The summed E-state index contributed by atoms with van der Waals surface area (Å²) in [5.41, 5.74) is 1.32. The van der Waals surface area contributed by atoms with Crippen LogP contribution in [-0.4, -0.2) is 11.1 Å². The first-order valence-electron chi connectivity index (χ1n) is 6.06. The Balaban J connectivity index is 3.23. The van der Waals surface area contributed by atoms with Crippen molar-refractivity contribution in [1.29, 1.82) is 0 Å². The predicted molar refractivity (Wildman–Crippen MR) is 70.4 cm³/mol.